The van der Waals surface area contributed by atoms with Gasteiger partial charge in [0, 0.05) is 23.7 Å². The number of ketones is 2. The van der Waals surface area contributed by atoms with Crippen LogP contribution in [0.2, 0.25) is 0 Å². The van der Waals surface area contributed by atoms with Crippen molar-refractivity contribution in [2.24, 2.45) is 47.3 Å². The van der Waals surface area contributed by atoms with Gasteiger partial charge in [0.05, 0.1) is 0 Å². The van der Waals surface area contributed by atoms with Crippen LogP contribution in [0.15, 0.2) is 24.3 Å². The smallest absolute Gasteiger partial charge is 0.141 e. The van der Waals surface area contributed by atoms with Crippen LogP contribution in [-0.4, -0.2) is 11.6 Å². The Morgan fingerprint density at radius 2 is 0.750 bits per heavy atom. The quantitative estimate of drug-likeness (QED) is 0.634. The van der Waals surface area contributed by atoms with Crippen molar-refractivity contribution >= 4 is 11.6 Å². The summed E-state index contributed by atoms with van der Waals surface area (Å²) in [5, 5.41) is 0. The van der Waals surface area contributed by atoms with Crippen LogP contribution in [0, 0.1) is 47.3 Å². The number of hydrogen-bond donors (Lipinski definition) is 0. The van der Waals surface area contributed by atoms with Crippen LogP contribution in [0.4, 0.5) is 0 Å². The number of carbonyl (C=O) groups is 2. The molecule has 20 heavy (non-hydrogen) atoms. The highest BCUT2D eigenvalue weighted by atomic mass is 16.1. The van der Waals surface area contributed by atoms with Gasteiger partial charge in [0.1, 0.15) is 11.6 Å². The Hall–Kier alpha value is -1.18. The summed E-state index contributed by atoms with van der Waals surface area (Å²) in [6, 6.07) is 0. The molecule has 0 radical (unpaired) electrons. The second-order valence-corrected chi connectivity index (χ2v) is 7.11. The second-order valence-electron chi connectivity index (χ2n) is 7.11. The maximum absolute atomic E-state index is 13.0. The lowest BCUT2D eigenvalue weighted by Gasteiger charge is -2.48. The molecule has 0 unspecified atom stereocenters. The van der Waals surface area contributed by atoms with Crippen molar-refractivity contribution < 1.29 is 9.59 Å². The molecular weight excluding hydrogens is 248 g/mol. The first-order chi connectivity index (χ1) is 9.43. The molecule has 8 atom stereocenters. The largest absolute Gasteiger partial charge is 0.299 e. The molecule has 0 N–H and O–H groups in total. The van der Waals surface area contributed by atoms with Crippen LogP contribution < -0.4 is 0 Å². The molecule has 108 valence electrons. The number of rotatable bonds is 0. The van der Waals surface area contributed by atoms with E-state index in [1.54, 1.807) is 0 Å². The minimum atomic E-state index is -0.0927. The van der Waals surface area contributed by atoms with Crippen molar-refractivity contribution in [3.8, 4) is 0 Å². The highest BCUT2D eigenvalue weighted by molar-refractivity contribution is 6.01. The SMILES string of the molecule is C[C@@H]1C=C[C@H](C)[C@@H]2C(=O)[C@H]3[C@H](C(=O)[C@@H]21)[C@H](C)C=C[C@H]3C. The standard InChI is InChI=1S/C18H24O2/c1-9-5-6-10(2)14-13(9)17(19)15-11(3)7-8-12(4)16(15)18(14)20/h5-16H,1-4H3/t9-,10-,11-,12+,13-,14-,15-,16+/m1/s1. The van der Waals surface area contributed by atoms with Crippen LogP contribution in [-0.2, 0) is 9.59 Å². The Kier molecular flexibility index (Phi) is 3.23. The number of hydrogen-bond acceptors (Lipinski definition) is 2. The molecule has 0 aliphatic heterocycles. The molecule has 0 aromatic heterocycles. The highest BCUT2D eigenvalue weighted by Crippen LogP contribution is 2.49. The summed E-state index contributed by atoms with van der Waals surface area (Å²) in [5.41, 5.74) is 0. The molecule has 0 aromatic carbocycles. The van der Waals surface area contributed by atoms with E-state index >= 15 is 0 Å². The molecule has 2 heteroatoms. The third-order valence-electron chi connectivity index (χ3n) is 5.79. The van der Waals surface area contributed by atoms with Gasteiger partial charge in [-0.2, -0.15) is 0 Å². The summed E-state index contributed by atoms with van der Waals surface area (Å²) in [5.74, 6) is 1.09. The van der Waals surface area contributed by atoms with Gasteiger partial charge in [0.25, 0.3) is 0 Å². The van der Waals surface area contributed by atoms with Gasteiger partial charge < -0.3 is 0 Å². The molecule has 3 rings (SSSR count). The Balaban J connectivity index is 2.07. The molecule has 2 nitrogen and oxygen atoms in total. The molecule has 0 amide bonds. The fourth-order valence-corrected chi connectivity index (χ4v) is 4.68. The Labute approximate surface area is 121 Å². The van der Waals surface area contributed by atoms with Crippen LogP contribution in [0.5, 0.6) is 0 Å². The van der Waals surface area contributed by atoms with E-state index in [4.69, 9.17) is 0 Å². The van der Waals surface area contributed by atoms with Crippen molar-refractivity contribution in [1.29, 1.82) is 0 Å². The summed E-state index contributed by atoms with van der Waals surface area (Å²) < 4.78 is 0. The minimum Gasteiger partial charge on any atom is -0.299 e. The molecule has 3 aliphatic rings. The molecule has 0 heterocycles. The first kappa shape index (κ1) is 13.8. The van der Waals surface area contributed by atoms with E-state index in [1.807, 2.05) is 0 Å². The second kappa shape index (κ2) is 4.68. The van der Waals surface area contributed by atoms with Gasteiger partial charge in [0.2, 0.25) is 0 Å². The molecule has 1 fully saturated rings. The number of carbonyl (C=O) groups excluding carboxylic acids is 2. The topological polar surface area (TPSA) is 34.1 Å². The van der Waals surface area contributed by atoms with E-state index in [-0.39, 0.29) is 47.3 Å². The lowest BCUT2D eigenvalue weighted by atomic mass is 9.53. The zero-order valence-corrected chi connectivity index (χ0v) is 12.7. The fourth-order valence-electron chi connectivity index (χ4n) is 4.68. The summed E-state index contributed by atoms with van der Waals surface area (Å²) in [4.78, 5) is 26.1. The van der Waals surface area contributed by atoms with Crippen LogP contribution in [0.25, 0.3) is 0 Å². The van der Waals surface area contributed by atoms with Gasteiger partial charge in [-0.1, -0.05) is 52.0 Å². The van der Waals surface area contributed by atoms with E-state index in [1.165, 1.54) is 0 Å². The predicted molar refractivity (Wildman–Crippen MR) is 78.9 cm³/mol. The number of fused-ring (bicyclic) bond motifs is 2. The zero-order valence-electron chi connectivity index (χ0n) is 12.7. The zero-order chi connectivity index (χ0) is 14.6. The molecule has 3 aliphatic carbocycles. The van der Waals surface area contributed by atoms with Crippen LogP contribution in [0.1, 0.15) is 27.7 Å². The van der Waals surface area contributed by atoms with Gasteiger partial charge in [0.15, 0.2) is 0 Å². The first-order valence-electron chi connectivity index (χ1n) is 7.87. The van der Waals surface area contributed by atoms with E-state index in [9.17, 15) is 9.59 Å². The van der Waals surface area contributed by atoms with E-state index in [0.717, 1.165) is 0 Å². The Morgan fingerprint density at radius 3 is 0.950 bits per heavy atom. The van der Waals surface area contributed by atoms with E-state index in [2.05, 4.69) is 52.0 Å². The van der Waals surface area contributed by atoms with E-state index in [0.29, 0.717) is 11.6 Å². The maximum Gasteiger partial charge on any atom is 0.141 e. The minimum absolute atomic E-state index is 0.0927. The molecule has 0 aromatic rings. The predicted octanol–water partition coefficient (Wildman–Crippen LogP) is 3.29. The molecule has 0 spiro atoms. The van der Waals surface area contributed by atoms with Crippen molar-refractivity contribution in [2.75, 3.05) is 0 Å². The van der Waals surface area contributed by atoms with E-state index < -0.39 is 0 Å². The molecule has 0 bridgehead atoms. The van der Waals surface area contributed by atoms with Crippen molar-refractivity contribution in [3.63, 3.8) is 0 Å². The normalized spacial score (nSPS) is 50.8. The van der Waals surface area contributed by atoms with Gasteiger partial charge >= 0.3 is 0 Å². The fraction of sp³-hybridized carbons (Fsp3) is 0.667. The molecule has 0 saturated heterocycles. The summed E-state index contributed by atoms with van der Waals surface area (Å²) in [7, 11) is 0. The van der Waals surface area contributed by atoms with Crippen molar-refractivity contribution in [1.82, 2.24) is 0 Å². The highest BCUT2D eigenvalue weighted by Gasteiger charge is 2.55. The average molecular weight is 272 g/mol. The van der Waals surface area contributed by atoms with Crippen LogP contribution >= 0.6 is 0 Å². The molecule has 1 saturated carbocycles. The molecular formula is C18H24O2. The Bertz CT molecular complexity index is 416. The van der Waals surface area contributed by atoms with Crippen LogP contribution in [0.3, 0.4) is 0 Å². The Morgan fingerprint density at radius 1 is 0.550 bits per heavy atom. The van der Waals surface area contributed by atoms with Crippen molar-refractivity contribution in [3.05, 3.63) is 24.3 Å². The maximum atomic E-state index is 13.0. The third kappa shape index (κ3) is 1.77. The van der Waals surface area contributed by atoms with Gasteiger partial charge in [-0.05, 0) is 23.7 Å². The lowest BCUT2D eigenvalue weighted by Crippen LogP contribution is -2.56. The summed E-state index contributed by atoms with van der Waals surface area (Å²) in [6.45, 7) is 8.33. The third-order valence-corrected chi connectivity index (χ3v) is 5.79. The van der Waals surface area contributed by atoms with Gasteiger partial charge in [-0.3, -0.25) is 9.59 Å². The summed E-state index contributed by atoms with van der Waals surface area (Å²) in [6.07, 6.45) is 8.52. The average Bonchev–Trinajstić information content (AvgIpc) is 2.41. The number of Topliss-reactive ketones (excluding diaryl/α,β-unsaturated/α-hetero) is 2. The summed E-state index contributed by atoms with van der Waals surface area (Å²) >= 11 is 0. The number of allylic oxidation sites excluding steroid dienone is 4. The lowest BCUT2D eigenvalue weighted by molar-refractivity contribution is -0.154. The van der Waals surface area contributed by atoms with Gasteiger partial charge in [-0.15, -0.1) is 0 Å². The van der Waals surface area contributed by atoms with Crippen molar-refractivity contribution in [2.45, 2.75) is 27.7 Å². The first-order valence-corrected chi connectivity index (χ1v) is 7.87. The monoisotopic (exact) mass is 272 g/mol. The van der Waals surface area contributed by atoms with Gasteiger partial charge in [-0.25, -0.2) is 0 Å².